The van der Waals surface area contributed by atoms with Gasteiger partial charge >= 0.3 is 0 Å². The monoisotopic (exact) mass is 265 g/mol. The summed E-state index contributed by atoms with van der Waals surface area (Å²) in [5.74, 6) is 0.765. The largest absolute Gasteiger partial charge is 0.497 e. The van der Waals surface area contributed by atoms with Gasteiger partial charge in [0, 0.05) is 18.3 Å². The van der Waals surface area contributed by atoms with E-state index in [4.69, 9.17) is 16.3 Å². The molecule has 0 bridgehead atoms. The van der Waals surface area contributed by atoms with E-state index in [0.717, 1.165) is 22.6 Å². The van der Waals surface area contributed by atoms with Gasteiger partial charge in [0.05, 0.1) is 7.11 Å². The van der Waals surface area contributed by atoms with Crippen LogP contribution in [0.3, 0.4) is 0 Å². The lowest BCUT2D eigenvalue weighted by Gasteiger charge is -2.28. The normalized spacial score (nSPS) is 19.8. The SMILES string of the molecule is COc1ccc(C2=CCC(Cl)C(=O)N2C)c(C)c1. The number of hydrogen-bond acceptors (Lipinski definition) is 2. The van der Waals surface area contributed by atoms with E-state index in [9.17, 15) is 4.79 Å². The summed E-state index contributed by atoms with van der Waals surface area (Å²) in [5, 5.41) is -0.447. The molecule has 1 aromatic rings. The number of rotatable bonds is 2. The van der Waals surface area contributed by atoms with Gasteiger partial charge in [0.2, 0.25) is 5.91 Å². The average Bonchev–Trinajstić information content (AvgIpc) is 2.37. The average molecular weight is 266 g/mol. The number of methoxy groups -OCH3 is 1. The number of benzene rings is 1. The number of halogens is 1. The molecule has 0 saturated carbocycles. The first kappa shape index (κ1) is 13.0. The molecule has 1 atom stereocenters. The second-order valence-corrected chi connectivity index (χ2v) is 4.90. The van der Waals surface area contributed by atoms with Gasteiger partial charge in [0.25, 0.3) is 0 Å². The number of nitrogens with zero attached hydrogens (tertiary/aromatic N) is 1. The lowest BCUT2D eigenvalue weighted by Crippen LogP contribution is -2.35. The molecular weight excluding hydrogens is 250 g/mol. The van der Waals surface area contributed by atoms with Crippen molar-refractivity contribution in [1.82, 2.24) is 4.90 Å². The summed E-state index contributed by atoms with van der Waals surface area (Å²) in [5.41, 5.74) is 3.03. The summed E-state index contributed by atoms with van der Waals surface area (Å²) in [7, 11) is 3.40. The Balaban J connectivity index is 2.40. The van der Waals surface area contributed by atoms with E-state index >= 15 is 0 Å². The summed E-state index contributed by atoms with van der Waals surface area (Å²) in [6.45, 7) is 2.00. The molecule has 3 nitrogen and oxygen atoms in total. The lowest BCUT2D eigenvalue weighted by atomic mass is 10.0. The molecule has 1 aliphatic rings. The Hall–Kier alpha value is -1.48. The van der Waals surface area contributed by atoms with E-state index in [-0.39, 0.29) is 5.91 Å². The second kappa shape index (κ2) is 5.02. The van der Waals surface area contributed by atoms with Crippen molar-refractivity contribution >= 4 is 23.2 Å². The van der Waals surface area contributed by atoms with Crippen molar-refractivity contribution in [3.05, 3.63) is 35.4 Å². The number of allylic oxidation sites excluding steroid dienone is 1. The molecule has 1 amide bonds. The van der Waals surface area contributed by atoms with E-state index in [1.54, 1.807) is 19.1 Å². The zero-order chi connectivity index (χ0) is 13.3. The Morgan fingerprint density at radius 2 is 2.17 bits per heavy atom. The van der Waals surface area contributed by atoms with Crippen LogP contribution in [0.1, 0.15) is 17.5 Å². The molecule has 0 aromatic heterocycles. The third kappa shape index (κ3) is 2.23. The van der Waals surface area contributed by atoms with Gasteiger partial charge in [-0.15, -0.1) is 11.6 Å². The second-order valence-electron chi connectivity index (χ2n) is 4.37. The Kier molecular flexibility index (Phi) is 3.62. The minimum absolute atomic E-state index is 0.0515. The number of aryl methyl sites for hydroxylation is 1. The highest BCUT2D eigenvalue weighted by atomic mass is 35.5. The van der Waals surface area contributed by atoms with Gasteiger partial charge in [-0.1, -0.05) is 6.08 Å². The Morgan fingerprint density at radius 3 is 2.78 bits per heavy atom. The highest BCUT2D eigenvalue weighted by molar-refractivity contribution is 6.31. The van der Waals surface area contributed by atoms with Gasteiger partial charge < -0.3 is 9.64 Å². The minimum Gasteiger partial charge on any atom is -0.497 e. The van der Waals surface area contributed by atoms with Crippen LogP contribution >= 0.6 is 11.6 Å². The number of ether oxygens (including phenoxy) is 1. The molecule has 1 aromatic carbocycles. The summed E-state index contributed by atoms with van der Waals surface area (Å²) in [6.07, 6.45) is 2.58. The minimum atomic E-state index is -0.447. The van der Waals surface area contributed by atoms with Gasteiger partial charge in [-0.25, -0.2) is 0 Å². The molecule has 18 heavy (non-hydrogen) atoms. The van der Waals surface area contributed by atoms with Crippen LogP contribution in [0.5, 0.6) is 5.75 Å². The van der Waals surface area contributed by atoms with E-state index in [1.165, 1.54) is 0 Å². The van der Waals surface area contributed by atoms with Crippen LogP contribution in [0.4, 0.5) is 0 Å². The Morgan fingerprint density at radius 1 is 1.44 bits per heavy atom. The molecule has 1 aliphatic heterocycles. The zero-order valence-electron chi connectivity index (χ0n) is 10.7. The molecule has 0 N–H and O–H groups in total. The van der Waals surface area contributed by atoms with E-state index in [0.29, 0.717) is 6.42 Å². The standard InChI is InChI=1S/C14H16ClNO2/c1-9-8-10(18-3)4-5-11(9)13-7-6-12(15)14(17)16(13)2/h4-5,7-8,12H,6H2,1-3H3. The smallest absolute Gasteiger partial charge is 0.245 e. The zero-order valence-corrected chi connectivity index (χ0v) is 11.5. The molecule has 0 fully saturated rings. The van der Waals surface area contributed by atoms with Crippen LogP contribution in [0.25, 0.3) is 5.70 Å². The van der Waals surface area contributed by atoms with Crippen LogP contribution in [0, 0.1) is 6.92 Å². The van der Waals surface area contributed by atoms with Crippen LogP contribution in [-0.2, 0) is 4.79 Å². The van der Waals surface area contributed by atoms with Crippen molar-refractivity contribution in [1.29, 1.82) is 0 Å². The number of carbonyl (C=O) groups excluding carboxylic acids is 1. The molecule has 1 heterocycles. The molecule has 0 spiro atoms. The van der Waals surface area contributed by atoms with Crippen molar-refractivity contribution in [2.45, 2.75) is 18.7 Å². The maximum atomic E-state index is 11.9. The summed E-state index contributed by atoms with van der Waals surface area (Å²) >= 11 is 5.95. The molecule has 4 heteroatoms. The summed E-state index contributed by atoms with van der Waals surface area (Å²) in [6, 6.07) is 5.83. The molecule has 0 aliphatic carbocycles. The fourth-order valence-corrected chi connectivity index (χ4v) is 2.36. The third-order valence-electron chi connectivity index (χ3n) is 3.19. The van der Waals surface area contributed by atoms with Crippen molar-refractivity contribution in [3.8, 4) is 5.75 Å². The number of alkyl halides is 1. The first-order valence-corrected chi connectivity index (χ1v) is 6.25. The van der Waals surface area contributed by atoms with Crippen LogP contribution < -0.4 is 4.74 Å². The van der Waals surface area contributed by atoms with Crippen molar-refractivity contribution in [2.75, 3.05) is 14.2 Å². The van der Waals surface area contributed by atoms with Crippen LogP contribution in [-0.4, -0.2) is 30.3 Å². The van der Waals surface area contributed by atoms with Gasteiger partial charge in [0.15, 0.2) is 0 Å². The van der Waals surface area contributed by atoms with E-state index in [2.05, 4.69) is 0 Å². The lowest BCUT2D eigenvalue weighted by molar-refractivity contribution is -0.126. The first-order chi connectivity index (χ1) is 8.54. The molecule has 1 unspecified atom stereocenters. The van der Waals surface area contributed by atoms with Crippen LogP contribution in [0.2, 0.25) is 0 Å². The van der Waals surface area contributed by atoms with Gasteiger partial charge in [-0.05, 0) is 37.1 Å². The first-order valence-electron chi connectivity index (χ1n) is 5.81. The number of amides is 1. The number of hydrogen-bond donors (Lipinski definition) is 0. The van der Waals surface area contributed by atoms with Crippen LogP contribution in [0.15, 0.2) is 24.3 Å². The molecule has 0 saturated heterocycles. The maximum Gasteiger partial charge on any atom is 0.245 e. The summed E-state index contributed by atoms with van der Waals surface area (Å²) < 4.78 is 5.18. The number of carbonyl (C=O) groups is 1. The molecule has 2 rings (SSSR count). The van der Waals surface area contributed by atoms with Crippen molar-refractivity contribution < 1.29 is 9.53 Å². The highest BCUT2D eigenvalue weighted by Gasteiger charge is 2.27. The maximum absolute atomic E-state index is 11.9. The topological polar surface area (TPSA) is 29.5 Å². The molecular formula is C14H16ClNO2. The van der Waals surface area contributed by atoms with Crippen molar-refractivity contribution in [2.24, 2.45) is 0 Å². The fraction of sp³-hybridized carbons (Fsp3) is 0.357. The highest BCUT2D eigenvalue weighted by Crippen LogP contribution is 2.30. The fourth-order valence-electron chi connectivity index (χ4n) is 2.12. The van der Waals surface area contributed by atoms with Gasteiger partial charge in [0.1, 0.15) is 11.1 Å². The molecule has 0 radical (unpaired) electrons. The van der Waals surface area contributed by atoms with Gasteiger partial charge in [-0.3, -0.25) is 4.79 Å². The van der Waals surface area contributed by atoms with Gasteiger partial charge in [-0.2, -0.15) is 0 Å². The quantitative estimate of drug-likeness (QED) is 0.770. The Labute approximate surface area is 112 Å². The van der Waals surface area contributed by atoms with Crippen molar-refractivity contribution in [3.63, 3.8) is 0 Å². The third-order valence-corrected chi connectivity index (χ3v) is 3.55. The predicted molar refractivity (Wildman–Crippen MR) is 72.7 cm³/mol. The van der Waals surface area contributed by atoms with E-state index < -0.39 is 5.38 Å². The summed E-state index contributed by atoms with van der Waals surface area (Å²) in [4.78, 5) is 13.5. The van der Waals surface area contributed by atoms with E-state index in [1.807, 2.05) is 31.2 Å². The predicted octanol–water partition coefficient (Wildman–Crippen LogP) is 2.81. The Bertz CT molecular complexity index is 511. The molecule has 96 valence electrons.